The molecule has 0 atom stereocenters. The molecule has 0 bridgehead atoms. The third kappa shape index (κ3) is 14.4. The molecule has 58 heavy (non-hydrogen) atoms. The van der Waals surface area contributed by atoms with E-state index in [1.54, 1.807) is 0 Å². The zero-order valence-electron chi connectivity index (χ0n) is 34.1. The van der Waals surface area contributed by atoms with Gasteiger partial charge in [0.1, 0.15) is 48.6 Å². The predicted molar refractivity (Wildman–Crippen MR) is 201 cm³/mol. The first kappa shape index (κ1) is 47.9. The average Bonchev–Trinajstić information content (AvgIpc) is 3.17. The monoisotopic (exact) mass is 846 g/mol. The lowest BCUT2D eigenvalue weighted by molar-refractivity contribution is -2.00. The molecule has 6 rings (SSSR count). The van der Waals surface area contributed by atoms with Crippen LogP contribution < -0.4 is 66.9 Å². The largest absolute Gasteiger partial charge is 0.452 e. The van der Waals surface area contributed by atoms with Crippen molar-refractivity contribution in [3.63, 3.8) is 0 Å². The van der Waals surface area contributed by atoms with Gasteiger partial charge in [-0.3, -0.25) is 0 Å². The molecular formula is C40H52Cl2N6O10. The third-order valence-electron chi connectivity index (χ3n) is 9.21. The topological polar surface area (TPSA) is 249 Å². The molecule has 2 aliphatic heterocycles. The molecule has 0 radical (unpaired) electrons. The fourth-order valence-electron chi connectivity index (χ4n) is 6.35. The molecule has 0 aromatic heterocycles. The highest BCUT2D eigenvalue weighted by molar-refractivity contribution is 5.81. The molecule has 2 aromatic rings. The molecule has 316 valence electrons. The summed E-state index contributed by atoms with van der Waals surface area (Å²) in [7, 11) is -9.89. The van der Waals surface area contributed by atoms with Gasteiger partial charge in [-0.05, 0) is 91.8 Å². The van der Waals surface area contributed by atoms with Crippen molar-refractivity contribution in [1.29, 1.82) is 0 Å². The molecule has 0 fully saturated rings. The molecule has 2 aromatic carbocycles. The van der Waals surface area contributed by atoms with Crippen LogP contribution >= 0.6 is 0 Å². The van der Waals surface area contributed by atoms with Crippen molar-refractivity contribution in [2.75, 3.05) is 62.2 Å². The molecule has 0 amide bonds. The van der Waals surface area contributed by atoms with Gasteiger partial charge in [0.15, 0.2) is 22.7 Å². The number of anilines is 2. The van der Waals surface area contributed by atoms with Crippen molar-refractivity contribution in [1.82, 2.24) is 19.1 Å². The van der Waals surface area contributed by atoms with Crippen LogP contribution in [-0.2, 0) is 0 Å². The van der Waals surface area contributed by atoms with E-state index in [4.69, 9.17) is 56.1 Å². The van der Waals surface area contributed by atoms with Gasteiger partial charge < -0.3 is 18.6 Å². The highest BCUT2D eigenvalue weighted by Gasteiger charge is 2.14. The lowest BCUT2D eigenvalue weighted by Crippen LogP contribution is -2.68. The summed E-state index contributed by atoms with van der Waals surface area (Å²) in [5.41, 5.74) is 7.62. The highest BCUT2D eigenvalue weighted by atomic mass is 35.7. The number of benzene rings is 4. The van der Waals surface area contributed by atoms with E-state index >= 15 is 0 Å². The molecule has 18 heteroatoms. The van der Waals surface area contributed by atoms with Gasteiger partial charge in [0.25, 0.3) is 0 Å². The summed E-state index contributed by atoms with van der Waals surface area (Å²) < 4.78 is 84.9. The summed E-state index contributed by atoms with van der Waals surface area (Å²) in [5, 5.41) is 2.36. The molecule has 4 aliphatic rings. The van der Waals surface area contributed by atoms with Gasteiger partial charge in [0.05, 0.1) is 12.1 Å². The summed E-state index contributed by atoms with van der Waals surface area (Å²) in [6.45, 7) is 25.2. The first-order valence-corrected chi connectivity index (χ1v) is 21.4. The van der Waals surface area contributed by atoms with Crippen LogP contribution in [0.4, 0.5) is 11.4 Å². The highest BCUT2D eigenvalue weighted by Crippen LogP contribution is 2.28. The zero-order valence-corrected chi connectivity index (χ0v) is 35.6. The predicted octanol–water partition coefficient (Wildman–Crippen LogP) is -2.33. The van der Waals surface area contributed by atoms with Crippen molar-refractivity contribution in [2.24, 2.45) is 0 Å². The van der Waals surface area contributed by atoms with E-state index in [-0.39, 0.29) is 0 Å². The minimum Gasteiger partial charge on any atom is -0.452 e. The Morgan fingerprint density at radius 1 is 0.466 bits per heavy atom. The summed E-state index contributed by atoms with van der Waals surface area (Å²) in [6, 6.07) is 25.0. The van der Waals surface area contributed by atoms with Crippen LogP contribution in [0.15, 0.2) is 81.6 Å². The van der Waals surface area contributed by atoms with Crippen molar-refractivity contribution in [3.05, 3.63) is 83.5 Å². The standard InChI is InChI=1S/2C20H26N3O.2ClHO4/c2*1-5-22(6-2)15-9-11-17-19(13-15)24-20-14-16(23(7-3)8-4)10-12-18(20)21-17;2*2-1(3,4)5/h2*9-14H,5-8H2,1-4H3;2*(H,2,3,4,5)/q2*+1;;/p-2. The fraction of sp³-hybridized carbons (Fsp3) is 0.400. The minimum atomic E-state index is -4.94. The second-order valence-electron chi connectivity index (χ2n) is 12.5. The van der Waals surface area contributed by atoms with Crippen LogP contribution in [0.25, 0.3) is 45.1 Å². The normalized spacial score (nSPS) is 11.3. The fourth-order valence-corrected chi connectivity index (χ4v) is 6.35. The number of rotatable bonds is 10. The Morgan fingerprint density at radius 2 is 0.776 bits per heavy atom. The van der Waals surface area contributed by atoms with Gasteiger partial charge >= 0.3 is 0 Å². The van der Waals surface area contributed by atoms with Crippen LogP contribution in [0.5, 0.6) is 0 Å². The van der Waals surface area contributed by atoms with E-state index in [1.165, 1.54) is 22.1 Å². The number of hydrogen-bond donors (Lipinski definition) is 0. The maximum absolute atomic E-state index is 8.49. The molecule has 2 heterocycles. The van der Waals surface area contributed by atoms with E-state index in [2.05, 4.69) is 123 Å². The first-order chi connectivity index (χ1) is 27.4. The summed E-state index contributed by atoms with van der Waals surface area (Å²) in [6.07, 6.45) is 0. The van der Waals surface area contributed by atoms with Gasteiger partial charge in [0.2, 0.25) is 10.7 Å². The van der Waals surface area contributed by atoms with Crippen LogP contribution in [0.3, 0.4) is 0 Å². The Bertz CT molecular complexity index is 2100. The molecule has 0 saturated carbocycles. The van der Waals surface area contributed by atoms with Gasteiger partial charge in [0, 0.05) is 61.8 Å². The van der Waals surface area contributed by atoms with Crippen LogP contribution in [0, 0.1) is 20.5 Å². The molecular weight excluding hydrogens is 795 g/mol. The molecule has 2 aliphatic carbocycles. The molecule has 0 saturated heterocycles. The Hall–Kier alpha value is -4.46. The van der Waals surface area contributed by atoms with Crippen molar-refractivity contribution in [3.8, 4) is 22.9 Å². The van der Waals surface area contributed by atoms with Gasteiger partial charge in [-0.2, -0.15) is 0 Å². The van der Waals surface area contributed by atoms with Gasteiger partial charge in [-0.15, -0.1) is 20.5 Å². The smallest absolute Gasteiger partial charge is 0.203 e. The van der Waals surface area contributed by atoms with Gasteiger partial charge in [-0.1, -0.05) is 0 Å². The molecule has 0 spiro atoms. The van der Waals surface area contributed by atoms with Crippen LogP contribution in [0.2, 0.25) is 0 Å². The van der Waals surface area contributed by atoms with E-state index in [9.17, 15) is 0 Å². The summed E-state index contributed by atoms with van der Waals surface area (Å²) in [5.74, 6) is 1.67. The van der Waals surface area contributed by atoms with E-state index in [0.717, 1.165) is 97.5 Å². The number of hydrogen-bond acceptors (Lipinski definition) is 14. The molecule has 16 nitrogen and oxygen atoms in total. The minimum absolute atomic E-state index is 0.837. The van der Waals surface area contributed by atoms with Crippen LogP contribution in [-0.4, -0.2) is 62.3 Å². The Labute approximate surface area is 342 Å². The Kier molecular flexibility index (Phi) is 18.2. The van der Waals surface area contributed by atoms with Gasteiger partial charge in [-0.25, -0.2) is 56.4 Å². The van der Waals surface area contributed by atoms with E-state index < -0.39 is 20.5 Å². The Balaban J connectivity index is 0.000000252. The number of nitrogens with zero attached hydrogens (tertiary/aromatic N) is 6. The SMILES string of the molecule is CCN(CC)c1ccc2nc3ccc(=[N+](CC)CC)cc-3oc2c1.CCN(CC)c1ccc2nc3ccc(=[N+](CC)CC)cc-3oc2c1.[O-][Cl+3]([O-])([O-])[O-].[O-][Cl+3]([O-])([O-])[O-]. The lowest BCUT2D eigenvalue weighted by Gasteiger charge is -2.21. The number of fused-ring (bicyclic) bond motifs is 4. The quantitative estimate of drug-likeness (QED) is 0.104. The van der Waals surface area contributed by atoms with Crippen molar-refractivity contribution < 1.29 is 66.6 Å². The average molecular weight is 848 g/mol. The Morgan fingerprint density at radius 3 is 1.05 bits per heavy atom. The molecule has 0 N–H and O–H groups in total. The summed E-state index contributed by atoms with van der Waals surface area (Å²) >= 11 is 0. The van der Waals surface area contributed by atoms with Crippen molar-refractivity contribution in [2.45, 2.75) is 55.4 Å². The lowest BCUT2D eigenvalue weighted by atomic mass is 10.2. The maximum Gasteiger partial charge on any atom is 0.203 e. The first-order valence-electron chi connectivity index (χ1n) is 19.0. The van der Waals surface area contributed by atoms with E-state index in [1.807, 2.05) is 24.3 Å². The number of aromatic nitrogens is 2. The summed E-state index contributed by atoms with van der Waals surface area (Å²) in [4.78, 5) is 14.1. The zero-order chi connectivity index (χ0) is 43.2. The third-order valence-corrected chi connectivity index (χ3v) is 9.21. The molecule has 0 unspecified atom stereocenters. The van der Waals surface area contributed by atoms with Crippen LogP contribution in [0.1, 0.15) is 55.4 Å². The second kappa shape index (κ2) is 22.1. The van der Waals surface area contributed by atoms with Crippen molar-refractivity contribution >= 4 is 33.6 Å². The number of halogens is 2. The van der Waals surface area contributed by atoms with E-state index in [0.29, 0.717) is 0 Å². The second-order valence-corrected chi connectivity index (χ2v) is 14.0. The maximum atomic E-state index is 8.49.